The summed E-state index contributed by atoms with van der Waals surface area (Å²) in [5.74, 6) is 2.84. The highest BCUT2D eigenvalue weighted by Crippen LogP contribution is 2.42. The fraction of sp³-hybridized carbons (Fsp3) is 0.875. The lowest BCUT2D eigenvalue weighted by Crippen LogP contribution is -2.43. The number of hydrogen-bond donors (Lipinski definition) is 0. The van der Waals surface area contributed by atoms with Gasteiger partial charge in [0.15, 0.2) is 0 Å². The molecule has 1 heterocycles. The minimum Gasteiger partial charge on any atom is -0.539 e. The van der Waals surface area contributed by atoms with E-state index < -0.39 is 0 Å². The van der Waals surface area contributed by atoms with Crippen molar-refractivity contribution >= 4 is 7.12 Å². The summed E-state index contributed by atoms with van der Waals surface area (Å²) in [6.07, 6.45) is 11.8. The van der Waals surface area contributed by atoms with Crippen molar-refractivity contribution in [2.24, 2.45) is 11.8 Å². The lowest BCUT2D eigenvalue weighted by molar-refractivity contribution is 0.0517. The van der Waals surface area contributed by atoms with E-state index in [1.807, 2.05) is 0 Å². The van der Waals surface area contributed by atoms with Crippen LogP contribution in [0.3, 0.4) is 0 Å². The Morgan fingerprint density at radius 2 is 1.89 bits per heavy atom. The molecular formula is C16H27BO2. The van der Waals surface area contributed by atoms with Crippen LogP contribution < -0.4 is 0 Å². The lowest BCUT2D eigenvalue weighted by Gasteiger charge is -2.42. The normalized spacial score (nSPS) is 35.9. The van der Waals surface area contributed by atoms with Gasteiger partial charge in [-0.3, -0.25) is 0 Å². The van der Waals surface area contributed by atoms with E-state index >= 15 is 0 Å². The van der Waals surface area contributed by atoms with Crippen molar-refractivity contribution in [3.63, 3.8) is 0 Å². The van der Waals surface area contributed by atoms with Gasteiger partial charge < -0.3 is 9.31 Å². The molecule has 0 saturated heterocycles. The van der Waals surface area contributed by atoms with E-state index in [1.54, 1.807) is 0 Å². The van der Waals surface area contributed by atoms with Crippen LogP contribution in [0.5, 0.6) is 0 Å². The van der Waals surface area contributed by atoms with Crippen molar-refractivity contribution in [2.45, 2.75) is 77.6 Å². The van der Waals surface area contributed by atoms with E-state index in [0.29, 0.717) is 6.10 Å². The summed E-state index contributed by atoms with van der Waals surface area (Å²) in [7, 11) is 0.0102. The highest BCUT2D eigenvalue weighted by Gasteiger charge is 2.41. The molecule has 3 heteroatoms. The SMILES string of the molecule is CCB1OC2=C(CCCC2)C(C2CCCCC2C)O1. The molecule has 1 aliphatic heterocycles. The van der Waals surface area contributed by atoms with Crippen molar-refractivity contribution in [1.29, 1.82) is 0 Å². The van der Waals surface area contributed by atoms with Crippen molar-refractivity contribution in [3.8, 4) is 0 Å². The van der Waals surface area contributed by atoms with Crippen LogP contribution in [0.15, 0.2) is 11.3 Å². The molecule has 3 atom stereocenters. The average Bonchev–Trinajstić information content (AvgIpc) is 2.46. The molecule has 0 aromatic rings. The molecule has 0 aromatic carbocycles. The summed E-state index contributed by atoms with van der Waals surface area (Å²) in [6.45, 7) is 4.59. The second-order valence-electron chi connectivity index (χ2n) is 6.59. The van der Waals surface area contributed by atoms with Crippen molar-refractivity contribution in [3.05, 3.63) is 11.3 Å². The van der Waals surface area contributed by atoms with Gasteiger partial charge in [0.2, 0.25) is 0 Å². The van der Waals surface area contributed by atoms with E-state index in [4.69, 9.17) is 9.31 Å². The predicted molar refractivity (Wildman–Crippen MR) is 78.8 cm³/mol. The maximum Gasteiger partial charge on any atom is 0.525 e. The number of rotatable bonds is 2. The molecule has 106 valence electrons. The van der Waals surface area contributed by atoms with E-state index in [0.717, 1.165) is 24.6 Å². The van der Waals surface area contributed by atoms with Gasteiger partial charge in [-0.2, -0.15) is 0 Å². The van der Waals surface area contributed by atoms with Crippen molar-refractivity contribution in [2.75, 3.05) is 0 Å². The largest absolute Gasteiger partial charge is 0.539 e. The fourth-order valence-corrected chi connectivity index (χ4v) is 4.10. The van der Waals surface area contributed by atoms with Crippen molar-refractivity contribution < 1.29 is 9.31 Å². The minimum absolute atomic E-state index is 0.0102. The standard InChI is InChI=1S/C16H27BO2/c1-3-17-18-15-11-7-6-10-14(15)16(19-17)13-9-5-4-8-12(13)2/h12-13,16H,3-11H2,1-2H3. The van der Waals surface area contributed by atoms with Gasteiger partial charge in [-0.25, -0.2) is 0 Å². The molecule has 0 radical (unpaired) electrons. The summed E-state index contributed by atoms with van der Waals surface area (Å²) >= 11 is 0. The molecule has 0 amide bonds. The molecular weight excluding hydrogens is 235 g/mol. The van der Waals surface area contributed by atoms with Crippen LogP contribution in [0, 0.1) is 11.8 Å². The Kier molecular flexibility index (Phi) is 4.21. The van der Waals surface area contributed by atoms with Crippen LogP contribution in [0.25, 0.3) is 0 Å². The molecule has 19 heavy (non-hydrogen) atoms. The van der Waals surface area contributed by atoms with Crippen LogP contribution >= 0.6 is 0 Å². The maximum absolute atomic E-state index is 6.33. The summed E-state index contributed by atoms with van der Waals surface area (Å²) in [4.78, 5) is 0. The molecule has 3 rings (SSSR count). The average molecular weight is 262 g/mol. The second-order valence-corrected chi connectivity index (χ2v) is 6.59. The number of hydrogen-bond acceptors (Lipinski definition) is 2. The Morgan fingerprint density at radius 3 is 2.68 bits per heavy atom. The first kappa shape index (κ1) is 13.5. The molecule has 1 saturated carbocycles. The van der Waals surface area contributed by atoms with E-state index in [-0.39, 0.29) is 7.12 Å². The van der Waals surface area contributed by atoms with E-state index in [9.17, 15) is 0 Å². The zero-order valence-corrected chi connectivity index (χ0v) is 12.5. The third kappa shape index (κ3) is 2.72. The lowest BCUT2D eigenvalue weighted by atomic mass is 9.71. The highest BCUT2D eigenvalue weighted by atomic mass is 16.6. The first-order valence-corrected chi connectivity index (χ1v) is 8.33. The molecule has 1 fully saturated rings. The molecule has 0 spiro atoms. The van der Waals surface area contributed by atoms with E-state index in [1.165, 1.54) is 56.3 Å². The van der Waals surface area contributed by atoms with E-state index in [2.05, 4.69) is 13.8 Å². The first-order chi connectivity index (χ1) is 9.29. The topological polar surface area (TPSA) is 18.5 Å². The monoisotopic (exact) mass is 262 g/mol. The minimum atomic E-state index is 0.0102. The van der Waals surface area contributed by atoms with Gasteiger partial charge in [0.1, 0.15) is 0 Å². The van der Waals surface area contributed by atoms with Crippen LogP contribution in [0.4, 0.5) is 0 Å². The Balaban J connectivity index is 1.84. The molecule has 0 bridgehead atoms. The quantitative estimate of drug-likeness (QED) is 0.679. The van der Waals surface area contributed by atoms with Crippen molar-refractivity contribution in [1.82, 2.24) is 0 Å². The summed E-state index contributed by atoms with van der Waals surface area (Å²) in [6, 6.07) is 0. The van der Waals surface area contributed by atoms with Gasteiger partial charge in [0.25, 0.3) is 0 Å². The second kappa shape index (κ2) is 5.91. The Morgan fingerprint density at radius 1 is 1.11 bits per heavy atom. The molecule has 0 N–H and O–H groups in total. The fourth-order valence-electron chi connectivity index (χ4n) is 4.10. The Hall–Kier alpha value is -0.435. The summed E-state index contributed by atoms with van der Waals surface area (Å²) in [5.41, 5.74) is 1.52. The first-order valence-electron chi connectivity index (χ1n) is 8.33. The molecule has 2 aliphatic carbocycles. The summed E-state index contributed by atoms with van der Waals surface area (Å²) in [5, 5.41) is 0. The molecule has 2 nitrogen and oxygen atoms in total. The van der Waals surface area contributed by atoms with Gasteiger partial charge >= 0.3 is 7.12 Å². The smallest absolute Gasteiger partial charge is 0.525 e. The molecule has 3 unspecified atom stereocenters. The van der Waals surface area contributed by atoms with Gasteiger partial charge in [0.05, 0.1) is 11.9 Å². The Labute approximate surface area is 118 Å². The van der Waals surface area contributed by atoms with Gasteiger partial charge in [0, 0.05) is 6.42 Å². The third-order valence-corrected chi connectivity index (χ3v) is 5.27. The highest BCUT2D eigenvalue weighted by molar-refractivity contribution is 6.45. The number of allylic oxidation sites excluding steroid dienone is 1. The zero-order chi connectivity index (χ0) is 13.2. The summed E-state index contributed by atoms with van der Waals surface area (Å²) < 4.78 is 12.4. The zero-order valence-electron chi connectivity index (χ0n) is 12.5. The van der Waals surface area contributed by atoms with Gasteiger partial charge in [-0.05, 0) is 49.4 Å². The Bertz CT molecular complexity index is 353. The van der Waals surface area contributed by atoms with Gasteiger partial charge in [-0.1, -0.05) is 33.1 Å². The van der Waals surface area contributed by atoms with Crippen LogP contribution in [-0.2, 0) is 9.31 Å². The van der Waals surface area contributed by atoms with Crippen LogP contribution in [-0.4, -0.2) is 13.2 Å². The van der Waals surface area contributed by atoms with Gasteiger partial charge in [-0.15, -0.1) is 0 Å². The maximum atomic E-state index is 6.33. The predicted octanol–water partition coefficient (Wildman–Crippen LogP) is 4.56. The third-order valence-electron chi connectivity index (χ3n) is 5.27. The molecule has 0 aromatic heterocycles. The van der Waals surface area contributed by atoms with Crippen LogP contribution in [0.2, 0.25) is 6.32 Å². The molecule has 3 aliphatic rings. The van der Waals surface area contributed by atoms with Crippen LogP contribution in [0.1, 0.15) is 65.2 Å².